The molecule has 0 spiro atoms. The second kappa shape index (κ2) is 6.81. The standard InChI is InChI=1S/C16H21BrFNO/c1-2-6-16(7-9-19-10-8-16)14(20)11-12-4-3-5-13(18)15(12)17/h3-5,19H,2,6-11H2,1H3. The van der Waals surface area contributed by atoms with E-state index in [4.69, 9.17) is 0 Å². The molecule has 0 aliphatic carbocycles. The minimum atomic E-state index is -0.301. The summed E-state index contributed by atoms with van der Waals surface area (Å²) < 4.78 is 14.0. The van der Waals surface area contributed by atoms with Crippen molar-refractivity contribution in [3.05, 3.63) is 34.1 Å². The highest BCUT2D eigenvalue weighted by Crippen LogP contribution is 2.36. The van der Waals surface area contributed by atoms with E-state index in [-0.39, 0.29) is 17.0 Å². The Balaban J connectivity index is 2.18. The van der Waals surface area contributed by atoms with E-state index in [0.717, 1.165) is 44.3 Å². The number of rotatable bonds is 5. The van der Waals surface area contributed by atoms with Crippen molar-refractivity contribution in [2.45, 2.75) is 39.0 Å². The van der Waals surface area contributed by atoms with E-state index < -0.39 is 0 Å². The summed E-state index contributed by atoms with van der Waals surface area (Å²) in [4.78, 5) is 12.8. The number of halogens is 2. The van der Waals surface area contributed by atoms with E-state index >= 15 is 0 Å². The van der Waals surface area contributed by atoms with Crippen molar-refractivity contribution in [3.63, 3.8) is 0 Å². The highest BCUT2D eigenvalue weighted by Gasteiger charge is 2.38. The number of carbonyl (C=O) groups is 1. The molecule has 1 fully saturated rings. The Kier molecular flexibility index (Phi) is 5.33. The monoisotopic (exact) mass is 341 g/mol. The molecule has 1 heterocycles. The Hall–Kier alpha value is -0.740. The zero-order valence-electron chi connectivity index (χ0n) is 11.8. The van der Waals surface area contributed by atoms with Gasteiger partial charge in [0.2, 0.25) is 0 Å². The van der Waals surface area contributed by atoms with Gasteiger partial charge in [0.25, 0.3) is 0 Å². The van der Waals surface area contributed by atoms with Gasteiger partial charge in [-0.2, -0.15) is 0 Å². The number of carbonyl (C=O) groups excluding carboxylic acids is 1. The molecule has 0 radical (unpaired) electrons. The lowest BCUT2D eigenvalue weighted by Crippen LogP contribution is -2.42. The summed E-state index contributed by atoms with van der Waals surface area (Å²) in [5.41, 5.74) is 0.537. The maximum atomic E-state index is 13.5. The van der Waals surface area contributed by atoms with E-state index in [1.165, 1.54) is 6.07 Å². The van der Waals surface area contributed by atoms with Gasteiger partial charge in [-0.1, -0.05) is 25.5 Å². The van der Waals surface area contributed by atoms with Crippen molar-refractivity contribution >= 4 is 21.7 Å². The molecule has 2 rings (SSSR count). The average molecular weight is 342 g/mol. The number of hydrogen-bond donors (Lipinski definition) is 1. The lowest BCUT2D eigenvalue weighted by molar-refractivity contribution is -0.130. The topological polar surface area (TPSA) is 29.1 Å². The third kappa shape index (κ3) is 3.29. The zero-order valence-corrected chi connectivity index (χ0v) is 13.4. The Bertz CT molecular complexity index is 478. The van der Waals surface area contributed by atoms with Gasteiger partial charge in [-0.3, -0.25) is 4.79 Å². The number of ketones is 1. The SMILES string of the molecule is CCCC1(C(=O)Cc2cccc(F)c2Br)CCNCC1. The maximum absolute atomic E-state index is 13.5. The average Bonchev–Trinajstić information content (AvgIpc) is 2.45. The van der Waals surface area contributed by atoms with Crippen LogP contribution >= 0.6 is 15.9 Å². The molecule has 1 aliphatic rings. The van der Waals surface area contributed by atoms with E-state index in [1.54, 1.807) is 6.07 Å². The molecule has 0 amide bonds. The molecule has 1 aromatic carbocycles. The molecule has 2 nitrogen and oxygen atoms in total. The summed E-state index contributed by atoms with van der Waals surface area (Å²) >= 11 is 3.25. The first kappa shape index (κ1) is 15.6. The minimum absolute atomic E-state index is 0.217. The number of benzene rings is 1. The number of Topliss-reactive ketones (excluding diaryl/α,β-unsaturated/α-hetero) is 1. The summed E-state index contributed by atoms with van der Waals surface area (Å²) in [6, 6.07) is 4.90. The zero-order chi connectivity index (χ0) is 14.6. The van der Waals surface area contributed by atoms with Crippen LogP contribution in [0.4, 0.5) is 4.39 Å². The summed E-state index contributed by atoms with van der Waals surface area (Å²) in [6.07, 6.45) is 4.05. The van der Waals surface area contributed by atoms with Crippen molar-refractivity contribution in [2.75, 3.05) is 13.1 Å². The van der Waals surface area contributed by atoms with Crippen LogP contribution in [0.1, 0.15) is 38.2 Å². The van der Waals surface area contributed by atoms with Gasteiger partial charge in [-0.25, -0.2) is 4.39 Å². The fourth-order valence-corrected chi connectivity index (χ4v) is 3.50. The van der Waals surface area contributed by atoms with Crippen molar-refractivity contribution in [3.8, 4) is 0 Å². The molecule has 0 saturated carbocycles. The third-order valence-electron chi connectivity index (χ3n) is 4.26. The van der Waals surface area contributed by atoms with Gasteiger partial charge in [-0.15, -0.1) is 0 Å². The molecule has 0 atom stereocenters. The largest absolute Gasteiger partial charge is 0.317 e. The molecular weight excluding hydrogens is 321 g/mol. The fourth-order valence-electron chi connectivity index (χ4n) is 3.10. The second-order valence-corrected chi connectivity index (χ2v) is 6.39. The molecule has 0 unspecified atom stereocenters. The predicted octanol–water partition coefficient (Wildman–Crippen LogP) is 3.87. The molecule has 4 heteroatoms. The van der Waals surface area contributed by atoms with E-state index in [0.29, 0.717) is 10.9 Å². The summed E-state index contributed by atoms with van der Waals surface area (Å²) in [5.74, 6) is -0.0442. The van der Waals surface area contributed by atoms with E-state index in [2.05, 4.69) is 28.2 Å². The molecule has 0 bridgehead atoms. The van der Waals surface area contributed by atoms with Crippen LogP contribution in [0.5, 0.6) is 0 Å². The highest BCUT2D eigenvalue weighted by molar-refractivity contribution is 9.10. The fraction of sp³-hybridized carbons (Fsp3) is 0.562. The second-order valence-electron chi connectivity index (χ2n) is 5.59. The van der Waals surface area contributed by atoms with Crippen molar-refractivity contribution in [1.82, 2.24) is 5.32 Å². The Morgan fingerprint density at radius 2 is 2.10 bits per heavy atom. The molecule has 110 valence electrons. The highest BCUT2D eigenvalue weighted by atomic mass is 79.9. The predicted molar refractivity (Wildman–Crippen MR) is 82.3 cm³/mol. The number of piperidine rings is 1. The van der Waals surface area contributed by atoms with Gasteiger partial charge >= 0.3 is 0 Å². The molecule has 20 heavy (non-hydrogen) atoms. The van der Waals surface area contributed by atoms with Crippen molar-refractivity contribution < 1.29 is 9.18 Å². The van der Waals surface area contributed by atoms with Gasteiger partial charge in [0.15, 0.2) is 0 Å². The molecule has 1 N–H and O–H groups in total. The van der Waals surface area contributed by atoms with Gasteiger partial charge in [0.05, 0.1) is 4.47 Å². The van der Waals surface area contributed by atoms with Gasteiger partial charge in [-0.05, 0) is 59.9 Å². The first-order valence-electron chi connectivity index (χ1n) is 7.26. The van der Waals surface area contributed by atoms with Crippen LogP contribution in [-0.4, -0.2) is 18.9 Å². The molecule has 0 aromatic heterocycles. The van der Waals surface area contributed by atoms with Crippen LogP contribution in [-0.2, 0) is 11.2 Å². The van der Waals surface area contributed by atoms with E-state index in [9.17, 15) is 9.18 Å². The first-order valence-corrected chi connectivity index (χ1v) is 8.05. The van der Waals surface area contributed by atoms with Crippen LogP contribution in [0.3, 0.4) is 0 Å². The van der Waals surface area contributed by atoms with Gasteiger partial charge in [0, 0.05) is 11.8 Å². The summed E-state index contributed by atoms with van der Waals surface area (Å²) in [7, 11) is 0. The molecule has 1 aliphatic heterocycles. The normalized spacial score (nSPS) is 17.9. The number of hydrogen-bond acceptors (Lipinski definition) is 2. The Morgan fingerprint density at radius 3 is 2.75 bits per heavy atom. The van der Waals surface area contributed by atoms with Crippen molar-refractivity contribution in [1.29, 1.82) is 0 Å². The van der Waals surface area contributed by atoms with Gasteiger partial charge < -0.3 is 5.32 Å². The molecular formula is C16H21BrFNO. The van der Waals surface area contributed by atoms with Crippen LogP contribution in [0, 0.1) is 11.2 Å². The van der Waals surface area contributed by atoms with E-state index in [1.807, 2.05) is 6.07 Å². The Morgan fingerprint density at radius 1 is 1.40 bits per heavy atom. The van der Waals surface area contributed by atoms with Crippen LogP contribution in [0.2, 0.25) is 0 Å². The maximum Gasteiger partial charge on any atom is 0.143 e. The molecule has 1 saturated heterocycles. The number of nitrogens with one attached hydrogen (secondary N) is 1. The van der Waals surface area contributed by atoms with Crippen LogP contribution in [0.25, 0.3) is 0 Å². The molecule has 1 aromatic rings. The lowest BCUT2D eigenvalue weighted by Gasteiger charge is -2.36. The third-order valence-corrected chi connectivity index (χ3v) is 5.15. The summed E-state index contributed by atoms with van der Waals surface area (Å²) in [5, 5.41) is 3.32. The Labute approximate surface area is 128 Å². The lowest BCUT2D eigenvalue weighted by atomic mass is 9.70. The quantitative estimate of drug-likeness (QED) is 0.880. The van der Waals surface area contributed by atoms with Crippen molar-refractivity contribution in [2.24, 2.45) is 5.41 Å². The minimum Gasteiger partial charge on any atom is -0.317 e. The van der Waals surface area contributed by atoms with Crippen LogP contribution < -0.4 is 5.32 Å². The van der Waals surface area contributed by atoms with Crippen LogP contribution in [0.15, 0.2) is 22.7 Å². The first-order chi connectivity index (χ1) is 9.59. The van der Waals surface area contributed by atoms with Gasteiger partial charge in [0.1, 0.15) is 11.6 Å². The summed E-state index contributed by atoms with van der Waals surface area (Å²) in [6.45, 7) is 3.92. The smallest absolute Gasteiger partial charge is 0.143 e.